The van der Waals surface area contributed by atoms with Crippen LogP contribution in [0.5, 0.6) is 0 Å². The highest BCUT2D eigenvalue weighted by Crippen LogP contribution is 2.13. The zero-order chi connectivity index (χ0) is 16.1. The molecule has 6 heteroatoms. The minimum atomic E-state index is -3.38. The fourth-order valence-corrected chi connectivity index (χ4v) is 3.29. The predicted octanol–water partition coefficient (Wildman–Crippen LogP) is 1.42. The molecule has 0 aliphatic carbocycles. The van der Waals surface area contributed by atoms with E-state index in [1.807, 2.05) is 17.9 Å². The van der Waals surface area contributed by atoms with Gasteiger partial charge in [0.15, 0.2) is 9.84 Å². The first-order valence-electron chi connectivity index (χ1n) is 6.85. The second-order valence-electron chi connectivity index (χ2n) is 5.64. The molecule has 1 aromatic rings. The molecule has 0 unspecified atom stereocenters. The van der Waals surface area contributed by atoms with Gasteiger partial charge < -0.3 is 5.11 Å². The van der Waals surface area contributed by atoms with E-state index in [0.717, 1.165) is 0 Å². The summed E-state index contributed by atoms with van der Waals surface area (Å²) in [5.41, 5.74) is -0.417. The van der Waals surface area contributed by atoms with Crippen LogP contribution >= 0.6 is 0 Å². The Morgan fingerprint density at radius 1 is 1.29 bits per heavy atom. The third-order valence-electron chi connectivity index (χ3n) is 3.08. The van der Waals surface area contributed by atoms with Crippen LogP contribution in [0, 0.1) is 11.3 Å². The van der Waals surface area contributed by atoms with Gasteiger partial charge in [0.2, 0.25) is 0 Å². The Kier molecular flexibility index (Phi) is 5.90. The maximum absolute atomic E-state index is 12.2. The van der Waals surface area contributed by atoms with Crippen molar-refractivity contribution in [3.8, 4) is 6.07 Å². The van der Waals surface area contributed by atoms with Crippen LogP contribution in [0.2, 0.25) is 0 Å². The largest absolute Gasteiger partial charge is 0.389 e. The molecule has 0 atom stereocenters. The van der Waals surface area contributed by atoms with Crippen molar-refractivity contribution in [1.82, 2.24) is 4.90 Å². The summed E-state index contributed by atoms with van der Waals surface area (Å²) in [6.45, 7) is 6.79. The van der Waals surface area contributed by atoms with Crippen LogP contribution in [0.4, 0.5) is 0 Å². The molecule has 0 radical (unpaired) electrons. The lowest BCUT2D eigenvalue weighted by Crippen LogP contribution is -2.40. The zero-order valence-corrected chi connectivity index (χ0v) is 13.5. The van der Waals surface area contributed by atoms with Crippen molar-refractivity contribution in [1.29, 1.82) is 5.26 Å². The summed E-state index contributed by atoms with van der Waals surface area (Å²) in [5.74, 6) is -0.0111. The molecule has 1 rings (SSSR count). The highest BCUT2D eigenvalue weighted by molar-refractivity contribution is 7.91. The minimum Gasteiger partial charge on any atom is -0.389 e. The number of rotatable bonds is 7. The molecule has 0 saturated heterocycles. The molecule has 1 aromatic carbocycles. The molecule has 5 nitrogen and oxygen atoms in total. The van der Waals surface area contributed by atoms with Gasteiger partial charge in [-0.05, 0) is 44.7 Å². The summed E-state index contributed by atoms with van der Waals surface area (Å²) < 4.78 is 24.5. The molecule has 0 spiro atoms. The molecule has 1 N–H and O–H groups in total. The van der Waals surface area contributed by atoms with Crippen molar-refractivity contribution >= 4 is 9.84 Å². The van der Waals surface area contributed by atoms with Gasteiger partial charge in [-0.2, -0.15) is 5.26 Å². The summed E-state index contributed by atoms with van der Waals surface area (Å²) in [4.78, 5) is 2.13. The highest BCUT2D eigenvalue weighted by Gasteiger charge is 2.20. The maximum Gasteiger partial charge on any atom is 0.179 e. The number of benzene rings is 1. The third-order valence-corrected chi connectivity index (χ3v) is 4.79. The second kappa shape index (κ2) is 7.03. The second-order valence-corrected chi connectivity index (χ2v) is 7.75. The summed E-state index contributed by atoms with van der Waals surface area (Å²) >= 11 is 0. The van der Waals surface area contributed by atoms with Crippen LogP contribution < -0.4 is 0 Å². The monoisotopic (exact) mass is 310 g/mol. The van der Waals surface area contributed by atoms with E-state index >= 15 is 0 Å². The standard InChI is InChI=1S/C15H22N2O3S/c1-4-17(12-15(2,3)18)9-10-21(19,20)14-7-5-13(11-16)6-8-14/h5-8,18H,4,9-10,12H2,1-3H3. The normalized spacial score (nSPS) is 12.4. The number of hydrogen-bond donors (Lipinski definition) is 1. The molecule has 0 heterocycles. The Hall–Kier alpha value is -1.42. The molecule has 0 fully saturated rings. The number of sulfone groups is 1. The minimum absolute atomic E-state index is 0.0111. The lowest BCUT2D eigenvalue weighted by molar-refractivity contribution is 0.0398. The third kappa shape index (κ3) is 5.84. The van der Waals surface area contributed by atoms with Crippen LogP contribution in [0.25, 0.3) is 0 Å². The average molecular weight is 310 g/mol. The number of likely N-dealkylation sites (N-methyl/N-ethyl adjacent to an activating group) is 1. The first-order valence-corrected chi connectivity index (χ1v) is 8.51. The van der Waals surface area contributed by atoms with Crippen molar-refractivity contribution in [2.24, 2.45) is 0 Å². The highest BCUT2D eigenvalue weighted by atomic mass is 32.2. The van der Waals surface area contributed by atoms with E-state index in [1.165, 1.54) is 24.3 Å². The molecule has 0 amide bonds. The first-order chi connectivity index (χ1) is 9.68. The lowest BCUT2D eigenvalue weighted by Gasteiger charge is -2.27. The quantitative estimate of drug-likeness (QED) is 0.824. The summed E-state index contributed by atoms with van der Waals surface area (Å²) in [5, 5.41) is 18.5. The van der Waals surface area contributed by atoms with Gasteiger partial charge in [-0.1, -0.05) is 6.92 Å². The van der Waals surface area contributed by atoms with E-state index in [0.29, 0.717) is 25.2 Å². The van der Waals surface area contributed by atoms with Crippen LogP contribution in [0.15, 0.2) is 29.2 Å². The Bertz CT molecular complexity index is 595. The molecule has 116 valence electrons. The maximum atomic E-state index is 12.2. The molecule has 0 aromatic heterocycles. The molecule has 0 aliphatic rings. The van der Waals surface area contributed by atoms with E-state index < -0.39 is 15.4 Å². The van der Waals surface area contributed by atoms with Crippen molar-refractivity contribution in [3.05, 3.63) is 29.8 Å². The van der Waals surface area contributed by atoms with Gasteiger partial charge in [-0.25, -0.2) is 8.42 Å². The van der Waals surface area contributed by atoms with Crippen LogP contribution in [0.3, 0.4) is 0 Å². The number of nitriles is 1. The topological polar surface area (TPSA) is 81.4 Å². The first kappa shape index (κ1) is 17.6. The average Bonchev–Trinajstić information content (AvgIpc) is 2.42. The Morgan fingerprint density at radius 2 is 1.86 bits per heavy atom. The number of hydrogen-bond acceptors (Lipinski definition) is 5. The van der Waals surface area contributed by atoms with Crippen molar-refractivity contribution in [3.63, 3.8) is 0 Å². The Morgan fingerprint density at radius 3 is 2.29 bits per heavy atom. The smallest absolute Gasteiger partial charge is 0.179 e. The van der Waals surface area contributed by atoms with Crippen LogP contribution in [0.1, 0.15) is 26.3 Å². The van der Waals surface area contributed by atoms with Gasteiger partial charge in [0, 0.05) is 13.1 Å². The van der Waals surface area contributed by atoms with Crippen molar-refractivity contribution in [2.45, 2.75) is 31.3 Å². The van der Waals surface area contributed by atoms with Gasteiger partial charge >= 0.3 is 0 Å². The number of aliphatic hydroxyl groups is 1. The predicted molar refractivity (Wildman–Crippen MR) is 81.6 cm³/mol. The van der Waals surface area contributed by atoms with Gasteiger partial charge in [0.1, 0.15) is 0 Å². The fraction of sp³-hybridized carbons (Fsp3) is 0.533. The number of nitrogens with zero attached hydrogens (tertiary/aromatic N) is 2. The van der Waals surface area contributed by atoms with Gasteiger partial charge in [-0.3, -0.25) is 4.90 Å². The Balaban J connectivity index is 2.73. The molecule has 0 bridgehead atoms. The summed E-state index contributed by atoms with van der Waals surface area (Å²) in [6, 6.07) is 7.88. The van der Waals surface area contributed by atoms with Gasteiger partial charge in [0.25, 0.3) is 0 Å². The SMILES string of the molecule is CCN(CCS(=O)(=O)c1ccc(C#N)cc1)CC(C)(C)O. The molecule has 0 saturated carbocycles. The van der Waals surface area contributed by atoms with Crippen molar-refractivity contribution in [2.75, 3.05) is 25.4 Å². The lowest BCUT2D eigenvalue weighted by atomic mass is 10.1. The van der Waals surface area contributed by atoms with E-state index in [4.69, 9.17) is 5.26 Å². The van der Waals surface area contributed by atoms with E-state index in [1.54, 1.807) is 13.8 Å². The molecule has 21 heavy (non-hydrogen) atoms. The van der Waals surface area contributed by atoms with E-state index in [9.17, 15) is 13.5 Å². The van der Waals surface area contributed by atoms with E-state index in [2.05, 4.69) is 0 Å². The van der Waals surface area contributed by atoms with Gasteiger partial charge in [0.05, 0.1) is 27.9 Å². The van der Waals surface area contributed by atoms with Gasteiger partial charge in [-0.15, -0.1) is 0 Å². The van der Waals surface area contributed by atoms with E-state index in [-0.39, 0.29) is 10.6 Å². The summed E-state index contributed by atoms with van der Waals surface area (Å²) in [7, 11) is -3.38. The van der Waals surface area contributed by atoms with Crippen LogP contribution in [-0.4, -0.2) is 49.4 Å². The molecular weight excluding hydrogens is 288 g/mol. The fourth-order valence-electron chi connectivity index (χ4n) is 2.00. The Labute approximate surface area is 126 Å². The summed E-state index contributed by atoms with van der Waals surface area (Å²) in [6.07, 6.45) is 0. The van der Waals surface area contributed by atoms with Crippen molar-refractivity contribution < 1.29 is 13.5 Å². The molecular formula is C15H22N2O3S. The van der Waals surface area contributed by atoms with Crippen LogP contribution in [-0.2, 0) is 9.84 Å². The molecule has 0 aliphatic heterocycles. The zero-order valence-electron chi connectivity index (χ0n) is 12.7.